The molecule has 1 aromatic carbocycles. The van der Waals surface area contributed by atoms with Gasteiger partial charge >= 0.3 is 0 Å². The Kier molecular flexibility index (Phi) is 4.97. The minimum absolute atomic E-state index is 0.0178. The summed E-state index contributed by atoms with van der Waals surface area (Å²) in [6, 6.07) is 4.19. The molecule has 1 rings (SSSR count). The molecule has 0 aliphatic heterocycles. The molecule has 0 aromatic heterocycles. The molecular formula is C10H11FINO2. The number of carbonyl (C=O) groups is 1. The molecule has 0 saturated heterocycles. The topological polar surface area (TPSA) is 38.3 Å². The van der Waals surface area contributed by atoms with Crippen molar-refractivity contribution >= 4 is 34.2 Å². The Labute approximate surface area is 101 Å². The highest BCUT2D eigenvalue weighted by Crippen LogP contribution is 2.18. The summed E-state index contributed by atoms with van der Waals surface area (Å²) < 4.78 is 18.4. The summed E-state index contributed by atoms with van der Waals surface area (Å²) >= 11 is 1.96. The van der Waals surface area contributed by atoms with E-state index in [1.54, 1.807) is 0 Å². The van der Waals surface area contributed by atoms with Gasteiger partial charge in [-0.25, -0.2) is 4.39 Å². The Morgan fingerprint density at radius 1 is 1.60 bits per heavy atom. The van der Waals surface area contributed by atoms with Gasteiger partial charge in [0.2, 0.25) is 5.91 Å². The highest BCUT2D eigenvalue weighted by molar-refractivity contribution is 14.1. The van der Waals surface area contributed by atoms with E-state index in [9.17, 15) is 9.18 Å². The number of amides is 1. The average molecular weight is 323 g/mol. The van der Waals surface area contributed by atoms with Gasteiger partial charge in [-0.1, -0.05) is 0 Å². The first-order valence-corrected chi connectivity index (χ1v) is 5.54. The van der Waals surface area contributed by atoms with Gasteiger partial charge in [0.25, 0.3) is 0 Å². The summed E-state index contributed by atoms with van der Waals surface area (Å²) in [5.41, 5.74) is 0.599. The van der Waals surface area contributed by atoms with Crippen LogP contribution in [0.4, 0.5) is 10.1 Å². The van der Waals surface area contributed by atoms with E-state index in [-0.39, 0.29) is 18.3 Å². The van der Waals surface area contributed by atoms with Crippen LogP contribution in [0, 0.1) is 9.39 Å². The van der Waals surface area contributed by atoms with Crippen LogP contribution in [0.25, 0.3) is 0 Å². The molecule has 0 saturated carbocycles. The second-order valence-electron chi connectivity index (χ2n) is 2.81. The van der Waals surface area contributed by atoms with Crippen LogP contribution in [0.5, 0.6) is 0 Å². The molecule has 82 valence electrons. The van der Waals surface area contributed by atoms with Crippen molar-refractivity contribution in [3.8, 4) is 0 Å². The second kappa shape index (κ2) is 6.02. The normalized spacial score (nSPS) is 10.1. The van der Waals surface area contributed by atoms with Gasteiger partial charge in [-0.3, -0.25) is 4.79 Å². The average Bonchev–Trinajstić information content (AvgIpc) is 2.19. The molecule has 0 bridgehead atoms. The summed E-state index contributed by atoms with van der Waals surface area (Å²) in [7, 11) is 0. The molecule has 0 spiro atoms. The summed E-state index contributed by atoms with van der Waals surface area (Å²) in [5.74, 6) is -0.552. The molecule has 0 heterocycles. The fourth-order valence-electron chi connectivity index (χ4n) is 0.972. The molecule has 15 heavy (non-hydrogen) atoms. The third-order valence-corrected chi connectivity index (χ3v) is 2.54. The number of rotatable bonds is 4. The van der Waals surface area contributed by atoms with Crippen molar-refractivity contribution in [2.75, 3.05) is 18.5 Å². The number of nitrogens with one attached hydrogen (secondary N) is 1. The third kappa shape index (κ3) is 4.13. The first-order valence-electron chi connectivity index (χ1n) is 4.46. The summed E-state index contributed by atoms with van der Waals surface area (Å²) in [4.78, 5) is 11.3. The highest BCUT2D eigenvalue weighted by atomic mass is 127. The lowest BCUT2D eigenvalue weighted by atomic mass is 10.3. The minimum Gasteiger partial charge on any atom is -0.372 e. The predicted molar refractivity (Wildman–Crippen MR) is 64.2 cm³/mol. The summed E-state index contributed by atoms with van der Waals surface area (Å²) in [6.07, 6.45) is 0. The molecule has 5 heteroatoms. The maximum absolute atomic E-state index is 12.7. The molecule has 0 atom stereocenters. The zero-order valence-corrected chi connectivity index (χ0v) is 10.4. The Balaban J connectivity index is 2.60. The molecule has 0 fully saturated rings. The molecule has 0 radical (unpaired) electrons. The van der Waals surface area contributed by atoms with Crippen LogP contribution in [0.3, 0.4) is 0 Å². The summed E-state index contributed by atoms with van der Waals surface area (Å²) in [5, 5.41) is 2.63. The van der Waals surface area contributed by atoms with Crippen LogP contribution in [-0.4, -0.2) is 19.1 Å². The minimum atomic E-state index is -0.317. The lowest BCUT2D eigenvalue weighted by Crippen LogP contribution is -2.18. The van der Waals surface area contributed by atoms with Crippen molar-refractivity contribution in [1.29, 1.82) is 0 Å². The van der Waals surface area contributed by atoms with Crippen LogP contribution >= 0.6 is 22.6 Å². The van der Waals surface area contributed by atoms with E-state index in [2.05, 4.69) is 5.32 Å². The largest absolute Gasteiger partial charge is 0.372 e. The maximum Gasteiger partial charge on any atom is 0.250 e. The first-order chi connectivity index (χ1) is 7.13. The van der Waals surface area contributed by atoms with Crippen molar-refractivity contribution in [1.82, 2.24) is 0 Å². The zero-order chi connectivity index (χ0) is 11.3. The fraction of sp³-hybridized carbons (Fsp3) is 0.300. The van der Waals surface area contributed by atoms with Crippen molar-refractivity contribution < 1.29 is 13.9 Å². The molecular weight excluding hydrogens is 312 g/mol. The van der Waals surface area contributed by atoms with E-state index >= 15 is 0 Å². The van der Waals surface area contributed by atoms with Crippen LogP contribution in [0.15, 0.2) is 18.2 Å². The molecule has 1 aromatic rings. The van der Waals surface area contributed by atoms with E-state index in [1.807, 2.05) is 29.5 Å². The SMILES string of the molecule is CCOCC(=O)Nc1ccc(F)cc1I. The lowest BCUT2D eigenvalue weighted by molar-refractivity contribution is -0.120. The van der Waals surface area contributed by atoms with E-state index in [0.29, 0.717) is 15.9 Å². The van der Waals surface area contributed by atoms with Crippen molar-refractivity contribution in [2.24, 2.45) is 0 Å². The highest BCUT2D eigenvalue weighted by Gasteiger charge is 2.05. The number of hydrogen-bond acceptors (Lipinski definition) is 2. The van der Waals surface area contributed by atoms with Crippen LogP contribution in [0.1, 0.15) is 6.92 Å². The van der Waals surface area contributed by atoms with E-state index in [4.69, 9.17) is 4.74 Å². The Morgan fingerprint density at radius 2 is 2.33 bits per heavy atom. The van der Waals surface area contributed by atoms with Gasteiger partial charge in [0.05, 0.1) is 5.69 Å². The number of carbonyl (C=O) groups excluding carboxylic acids is 1. The Bertz CT molecular complexity index is 357. The van der Waals surface area contributed by atoms with Crippen molar-refractivity contribution in [3.05, 3.63) is 27.6 Å². The monoisotopic (exact) mass is 323 g/mol. The maximum atomic E-state index is 12.7. The lowest BCUT2D eigenvalue weighted by Gasteiger charge is -2.07. The van der Waals surface area contributed by atoms with E-state index in [1.165, 1.54) is 18.2 Å². The number of hydrogen-bond donors (Lipinski definition) is 1. The number of benzene rings is 1. The number of ether oxygens (including phenoxy) is 1. The van der Waals surface area contributed by atoms with E-state index in [0.717, 1.165) is 0 Å². The smallest absolute Gasteiger partial charge is 0.250 e. The Morgan fingerprint density at radius 3 is 2.93 bits per heavy atom. The van der Waals surface area contributed by atoms with Gasteiger partial charge in [-0.15, -0.1) is 0 Å². The second-order valence-corrected chi connectivity index (χ2v) is 3.97. The molecule has 3 nitrogen and oxygen atoms in total. The third-order valence-electron chi connectivity index (χ3n) is 1.64. The van der Waals surface area contributed by atoms with Crippen molar-refractivity contribution in [3.63, 3.8) is 0 Å². The first kappa shape index (κ1) is 12.4. The molecule has 0 aliphatic carbocycles. The molecule has 1 amide bonds. The number of halogens is 2. The van der Waals surface area contributed by atoms with Gasteiger partial charge in [0, 0.05) is 10.2 Å². The van der Waals surface area contributed by atoms with Gasteiger partial charge in [-0.05, 0) is 47.7 Å². The standard InChI is InChI=1S/C10H11FINO2/c1-2-15-6-10(14)13-9-4-3-7(11)5-8(9)12/h3-5H,2,6H2,1H3,(H,13,14). The predicted octanol–water partition coefficient (Wildman–Crippen LogP) is 2.41. The molecule has 0 unspecified atom stereocenters. The number of anilines is 1. The van der Waals surface area contributed by atoms with Crippen LogP contribution < -0.4 is 5.32 Å². The van der Waals surface area contributed by atoms with Crippen molar-refractivity contribution in [2.45, 2.75) is 6.92 Å². The van der Waals surface area contributed by atoms with Crippen LogP contribution in [0.2, 0.25) is 0 Å². The summed E-state index contributed by atoms with van der Waals surface area (Å²) in [6.45, 7) is 2.33. The zero-order valence-electron chi connectivity index (χ0n) is 8.22. The van der Waals surface area contributed by atoms with Gasteiger partial charge in [-0.2, -0.15) is 0 Å². The fourth-order valence-corrected chi connectivity index (χ4v) is 1.58. The Hall–Kier alpha value is -0.690. The van der Waals surface area contributed by atoms with Crippen LogP contribution in [-0.2, 0) is 9.53 Å². The van der Waals surface area contributed by atoms with Gasteiger partial charge in [0.15, 0.2) is 0 Å². The van der Waals surface area contributed by atoms with Gasteiger partial charge in [0.1, 0.15) is 12.4 Å². The van der Waals surface area contributed by atoms with E-state index < -0.39 is 0 Å². The quantitative estimate of drug-likeness (QED) is 0.864. The molecule has 1 N–H and O–H groups in total. The van der Waals surface area contributed by atoms with Gasteiger partial charge < -0.3 is 10.1 Å². The molecule has 0 aliphatic rings.